The summed E-state index contributed by atoms with van der Waals surface area (Å²) in [6, 6.07) is 0.407. The van der Waals surface area contributed by atoms with Gasteiger partial charge in [0, 0.05) is 13.1 Å². The van der Waals surface area contributed by atoms with Gasteiger partial charge in [0.2, 0.25) is 5.91 Å². The minimum absolute atomic E-state index is 0.269. The van der Waals surface area contributed by atoms with Crippen molar-refractivity contribution in [3.8, 4) is 0 Å². The average Bonchev–Trinajstić information content (AvgIpc) is 3.48. The highest BCUT2D eigenvalue weighted by Crippen LogP contribution is 2.39. The van der Waals surface area contributed by atoms with Gasteiger partial charge in [-0.2, -0.15) is 0 Å². The maximum Gasteiger partial charge on any atom is 0.236 e. The number of likely N-dealkylation sites (N-methyl/N-ethyl adjacent to an activating group) is 1. The summed E-state index contributed by atoms with van der Waals surface area (Å²) < 4.78 is 2.11. The molecule has 0 radical (unpaired) electrons. The zero-order valence-electron chi connectivity index (χ0n) is 18.9. The number of carbonyl (C=O) groups is 1. The first-order valence-corrected chi connectivity index (χ1v) is 12.2. The number of tetrazole rings is 1. The third-order valence-electron chi connectivity index (χ3n) is 7.61. The summed E-state index contributed by atoms with van der Waals surface area (Å²) in [5.41, 5.74) is -0.274. The Hall–Kier alpha value is -1.54. The predicted octanol–water partition coefficient (Wildman–Crippen LogP) is 2.43. The molecule has 2 saturated heterocycles. The van der Waals surface area contributed by atoms with Crippen LogP contribution in [-0.2, 0) is 10.3 Å². The summed E-state index contributed by atoms with van der Waals surface area (Å²) in [7, 11) is 0. The Balaban J connectivity index is 1.54. The Morgan fingerprint density at radius 1 is 1.03 bits per heavy atom. The number of likely N-dealkylation sites (tertiary alicyclic amines) is 2. The van der Waals surface area contributed by atoms with Gasteiger partial charge in [-0.15, -0.1) is 5.10 Å². The second-order valence-electron chi connectivity index (χ2n) is 9.34. The number of hydrogen-bond acceptors (Lipinski definition) is 6. The van der Waals surface area contributed by atoms with E-state index >= 15 is 0 Å². The van der Waals surface area contributed by atoms with Gasteiger partial charge in [-0.1, -0.05) is 39.5 Å². The van der Waals surface area contributed by atoms with E-state index in [1.807, 2.05) is 0 Å². The molecule has 1 aliphatic carbocycles. The van der Waals surface area contributed by atoms with Crippen molar-refractivity contribution in [3.63, 3.8) is 0 Å². The van der Waals surface area contributed by atoms with Gasteiger partial charge in [-0.05, 0) is 68.7 Å². The quantitative estimate of drug-likeness (QED) is 0.679. The van der Waals surface area contributed by atoms with Gasteiger partial charge in [0.1, 0.15) is 5.54 Å². The van der Waals surface area contributed by atoms with Crippen LogP contribution in [-0.4, -0.2) is 86.6 Å². The highest BCUT2D eigenvalue weighted by atomic mass is 16.2. The maximum absolute atomic E-state index is 13.2. The minimum Gasteiger partial charge on any atom is -0.339 e. The van der Waals surface area contributed by atoms with Crippen LogP contribution in [0.25, 0.3) is 0 Å². The molecular formula is C22H39N7O. The summed E-state index contributed by atoms with van der Waals surface area (Å²) in [6.45, 7) is 10.4. The molecule has 0 aromatic carbocycles. The van der Waals surface area contributed by atoms with E-state index in [4.69, 9.17) is 0 Å². The van der Waals surface area contributed by atoms with Gasteiger partial charge in [0.15, 0.2) is 5.82 Å². The van der Waals surface area contributed by atoms with Gasteiger partial charge >= 0.3 is 0 Å². The highest BCUT2D eigenvalue weighted by molar-refractivity contribution is 5.78. The molecule has 1 amide bonds. The summed E-state index contributed by atoms with van der Waals surface area (Å²) in [5, 5.41) is 13.1. The van der Waals surface area contributed by atoms with E-state index in [1.54, 1.807) is 0 Å². The fourth-order valence-electron chi connectivity index (χ4n) is 5.90. The molecule has 1 aromatic rings. The van der Waals surface area contributed by atoms with Gasteiger partial charge in [0.25, 0.3) is 0 Å². The molecule has 0 spiro atoms. The molecule has 2 aliphatic heterocycles. The minimum atomic E-state index is -0.274. The zero-order chi connectivity index (χ0) is 21.0. The molecule has 1 unspecified atom stereocenters. The summed E-state index contributed by atoms with van der Waals surface area (Å²) in [5.74, 6) is 1.24. The van der Waals surface area contributed by atoms with E-state index in [0.29, 0.717) is 19.1 Å². The molecule has 8 heteroatoms. The van der Waals surface area contributed by atoms with E-state index in [2.05, 4.69) is 48.8 Å². The van der Waals surface area contributed by atoms with Crippen LogP contribution < -0.4 is 0 Å². The van der Waals surface area contributed by atoms with Gasteiger partial charge < -0.3 is 4.90 Å². The van der Waals surface area contributed by atoms with E-state index in [-0.39, 0.29) is 11.4 Å². The van der Waals surface area contributed by atoms with E-state index in [1.165, 1.54) is 38.5 Å². The molecule has 30 heavy (non-hydrogen) atoms. The second kappa shape index (κ2) is 9.73. The third kappa shape index (κ3) is 4.26. The van der Waals surface area contributed by atoms with Crippen molar-refractivity contribution in [3.05, 3.63) is 5.82 Å². The zero-order valence-corrected chi connectivity index (χ0v) is 18.9. The molecule has 8 nitrogen and oxygen atoms in total. The van der Waals surface area contributed by atoms with Crippen LogP contribution in [0.2, 0.25) is 0 Å². The van der Waals surface area contributed by atoms with Crippen molar-refractivity contribution >= 4 is 5.91 Å². The standard InChI is InChI=1S/C22H39N7O/c1-3-28(4-2)22(21-23-24-25-29(21)19-11-7-8-12-19)13-16-27(18-22)20(30)17-26-14-9-5-6-10-15-26/h19H,3-18H2,1-2H3. The van der Waals surface area contributed by atoms with Crippen molar-refractivity contribution in [2.24, 2.45) is 0 Å². The lowest BCUT2D eigenvalue weighted by atomic mass is 9.94. The van der Waals surface area contributed by atoms with Crippen LogP contribution in [0.1, 0.15) is 83.5 Å². The molecule has 3 fully saturated rings. The third-order valence-corrected chi connectivity index (χ3v) is 7.61. The molecule has 4 rings (SSSR count). The molecule has 1 saturated carbocycles. The lowest BCUT2D eigenvalue weighted by Crippen LogP contribution is -2.51. The van der Waals surface area contributed by atoms with Crippen LogP contribution in [0.3, 0.4) is 0 Å². The lowest BCUT2D eigenvalue weighted by Gasteiger charge is -2.39. The topological polar surface area (TPSA) is 70.4 Å². The smallest absolute Gasteiger partial charge is 0.236 e. The van der Waals surface area contributed by atoms with Crippen molar-refractivity contribution in [2.45, 2.75) is 83.2 Å². The molecule has 1 aromatic heterocycles. The van der Waals surface area contributed by atoms with Crippen LogP contribution in [0.15, 0.2) is 0 Å². The number of aromatic nitrogens is 4. The molecule has 1 atom stereocenters. The molecule has 3 heterocycles. The normalized spacial score (nSPS) is 26.6. The number of amides is 1. The summed E-state index contributed by atoms with van der Waals surface area (Å²) in [4.78, 5) is 20.1. The fraction of sp³-hybridized carbons (Fsp3) is 0.909. The Morgan fingerprint density at radius 3 is 2.40 bits per heavy atom. The lowest BCUT2D eigenvalue weighted by molar-refractivity contribution is -0.132. The predicted molar refractivity (Wildman–Crippen MR) is 116 cm³/mol. The number of nitrogens with zero attached hydrogens (tertiary/aromatic N) is 7. The Labute approximate surface area is 181 Å². The number of carbonyl (C=O) groups excluding carboxylic acids is 1. The largest absolute Gasteiger partial charge is 0.339 e. The first-order valence-electron chi connectivity index (χ1n) is 12.2. The van der Waals surface area contributed by atoms with E-state index < -0.39 is 0 Å². The highest BCUT2D eigenvalue weighted by Gasteiger charge is 2.49. The Bertz CT molecular complexity index is 689. The first-order chi connectivity index (χ1) is 14.7. The average molecular weight is 418 g/mol. The number of hydrogen-bond donors (Lipinski definition) is 0. The summed E-state index contributed by atoms with van der Waals surface area (Å²) in [6.07, 6.45) is 10.7. The maximum atomic E-state index is 13.2. The first kappa shape index (κ1) is 21.7. The van der Waals surface area contributed by atoms with Gasteiger partial charge in [-0.25, -0.2) is 4.68 Å². The van der Waals surface area contributed by atoms with Crippen molar-refractivity contribution in [1.82, 2.24) is 34.9 Å². The second-order valence-corrected chi connectivity index (χ2v) is 9.34. The van der Waals surface area contributed by atoms with Crippen LogP contribution in [0.5, 0.6) is 0 Å². The van der Waals surface area contributed by atoms with Crippen molar-refractivity contribution < 1.29 is 4.79 Å². The Kier molecular flexibility index (Phi) is 7.03. The molecule has 168 valence electrons. The Morgan fingerprint density at radius 2 is 1.73 bits per heavy atom. The SMILES string of the molecule is CCN(CC)C1(c2nnnn2C2CCCC2)CCN(C(=O)CN2CCCCCC2)C1. The fourth-order valence-corrected chi connectivity index (χ4v) is 5.90. The van der Waals surface area contributed by atoms with E-state index in [9.17, 15) is 4.79 Å². The molecule has 3 aliphatic rings. The monoisotopic (exact) mass is 417 g/mol. The van der Waals surface area contributed by atoms with Gasteiger partial charge in [-0.3, -0.25) is 14.6 Å². The van der Waals surface area contributed by atoms with Crippen molar-refractivity contribution in [2.75, 3.05) is 45.8 Å². The van der Waals surface area contributed by atoms with Crippen molar-refractivity contribution in [1.29, 1.82) is 0 Å². The summed E-state index contributed by atoms with van der Waals surface area (Å²) >= 11 is 0. The molecule has 0 bridgehead atoms. The number of rotatable bonds is 7. The van der Waals surface area contributed by atoms with E-state index in [0.717, 1.165) is 57.8 Å². The van der Waals surface area contributed by atoms with Crippen LogP contribution >= 0.6 is 0 Å². The molecule has 0 N–H and O–H groups in total. The van der Waals surface area contributed by atoms with Crippen LogP contribution in [0, 0.1) is 0 Å². The molecular weight excluding hydrogens is 378 g/mol. The van der Waals surface area contributed by atoms with Gasteiger partial charge in [0.05, 0.1) is 12.6 Å². The van der Waals surface area contributed by atoms with Crippen LogP contribution in [0.4, 0.5) is 0 Å².